The lowest BCUT2D eigenvalue weighted by atomic mass is 9.86. The third kappa shape index (κ3) is 9.13. The van der Waals surface area contributed by atoms with Gasteiger partial charge in [0.05, 0.1) is 30.0 Å². The zero-order valence-corrected chi connectivity index (χ0v) is 30.0. The molecule has 0 bridgehead atoms. The smallest absolute Gasteiger partial charge is 0.314 e. The number of aryl methyl sites for hydroxylation is 1. The standard InChI is InChI=1S/C40H50FN3O5/c1-24(2)36-32(19-18-29-21-30(48-40(6,7)47-29)22-34(45)49-39(3,4)5)35(27-14-16-28(41)17-15-27)31-11-9-10-26-13-12-25(23-43-38(46)42-8)20-33(26)37(31)44-36/h12-20,24,29-30H,9-11,21-23H2,1-8H3,(H2,42,43,46)/t29-,30-/m1/s1. The Kier molecular flexibility index (Phi) is 10.9. The highest BCUT2D eigenvalue weighted by atomic mass is 19.1. The fraction of sp³-hybridized carbons (Fsp3) is 0.475. The summed E-state index contributed by atoms with van der Waals surface area (Å²) in [4.78, 5) is 30.0. The van der Waals surface area contributed by atoms with E-state index in [-0.39, 0.29) is 42.4 Å². The van der Waals surface area contributed by atoms with E-state index < -0.39 is 11.4 Å². The van der Waals surface area contributed by atoms with Crippen molar-refractivity contribution in [1.29, 1.82) is 0 Å². The monoisotopic (exact) mass is 671 g/mol. The Balaban J connectivity index is 1.60. The highest BCUT2D eigenvalue weighted by Crippen LogP contribution is 2.42. The number of carbonyl (C=O) groups is 2. The second-order valence-electron chi connectivity index (χ2n) is 14.7. The zero-order valence-electron chi connectivity index (χ0n) is 30.0. The third-order valence-corrected chi connectivity index (χ3v) is 8.70. The molecule has 8 nitrogen and oxygen atoms in total. The number of hydrogen-bond donors (Lipinski definition) is 2. The molecule has 0 radical (unpaired) electrons. The van der Waals surface area contributed by atoms with Gasteiger partial charge in [-0.1, -0.05) is 50.3 Å². The quantitative estimate of drug-likeness (QED) is 0.234. The molecule has 9 heteroatoms. The minimum Gasteiger partial charge on any atom is -0.460 e. The zero-order chi connectivity index (χ0) is 35.5. The van der Waals surface area contributed by atoms with Gasteiger partial charge in [-0.15, -0.1) is 0 Å². The topological polar surface area (TPSA) is 98.8 Å². The molecule has 2 N–H and O–H groups in total. The van der Waals surface area contributed by atoms with Crippen molar-refractivity contribution >= 4 is 18.1 Å². The van der Waals surface area contributed by atoms with Crippen LogP contribution in [0, 0.1) is 5.82 Å². The summed E-state index contributed by atoms with van der Waals surface area (Å²) in [5.41, 5.74) is 8.56. The van der Waals surface area contributed by atoms with Crippen molar-refractivity contribution in [1.82, 2.24) is 15.6 Å². The number of fused-ring (bicyclic) bond motifs is 3. The Morgan fingerprint density at radius 3 is 2.51 bits per heavy atom. The highest BCUT2D eigenvalue weighted by molar-refractivity contribution is 5.86. The number of ether oxygens (including phenoxy) is 3. The molecule has 1 aliphatic carbocycles. The van der Waals surface area contributed by atoms with Crippen LogP contribution in [-0.4, -0.2) is 47.6 Å². The number of esters is 1. The van der Waals surface area contributed by atoms with Crippen molar-refractivity contribution in [3.8, 4) is 22.4 Å². The number of amides is 2. The number of benzene rings is 2. The van der Waals surface area contributed by atoms with Crippen LogP contribution in [0.15, 0.2) is 48.5 Å². The summed E-state index contributed by atoms with van der Waals surface area (Å²) in [7, 11) is 1.60. The molecule has 1 aliphatic heterocycles. The molecule has 1 aromatic heterocycles. The van der Waals surface area contributed by atoms with E-state index in [1.54, 1.807) is 7.05 Å². The third-order valence-electron chi connectivity index (χ3n) is 8.70. The predicted octanol–water partition coefficient (Wildman–Crippen LogP) is 8.25. The summed E-state index contributed by atoms with van der Waals surface area (Å²) in [6, 6.07) is 12.8. The van der Waals surface area contributed by atoms with Crippen LogP contribution in [0.25, 0.3) is 28.5 Å². The number of urea groups is 1. The summed E-state index contributed by atoms with van der Waals surface area (Å²) >= 11 is 0. The molecule has 2 amide bonds. The van der Waals surface area contributed by atoms with Crippen LogP contribution in [-0.2, 0) is 38.4 Å². The normalized spacial score (nSPS) is 18.8. The second kappa shape index (κ2) is 14.8. The number of hydrogen-bond acceptors (Lipinski definition) is 6. The first-order valence-corrected chi connectivity index (χ1v) is 17.3. The fourth-order valence-electron chi connectivity index (χ4n) is 6.74. The van der Waals surface area contributed by atoms with E-state index in [1.807, 2.05) is 52.8 Å². The van der Waals surface area contributed by atoms with Crippen molar-refractivity contribution in [2.75, 3.05) is 7.05 Å². The van der Waals surface area contributed by atoms with Gasteiger partial charge in [-0.25, -0.2) is 9.18 Å². The molecule has 262 valence electrons. The van der Waals surface area contributed by atoms with Gasteiger partial charge in [0.1, 0.15) is 11.4 Å². The van der Waals surface area contributed by atoms with Gasteiger partial charge < -0.3 is 24.8 Å². The summed E-state index contributed by atoms with van der Waals surface area (Å²) in [6.07, 6.45) is 6.68. The molecule has 49 heavy (non-hydrogen) atoms. The molecular formula is C40H50FN3O5. The number of rotatable bonds is 8. The Hall–Kier alpha value is -4.08. The van der Waals surface area contributed by atoms with Crippen LogP contribution >= 0.6 is 0 Å². The molecule has 2 aliphatic rings. The average molecular weight is 672 g/mol. The number of nitrogens with zero attached hydrogens (tertiary/aromatic N) is 1. The van der Waals surface area contributed by atoms with Crippen LogP contribution in [0.3, 0.4) is 0 Å². The number of nitrogens with one attached hydrogen (secondary N) is 2. The van der Waals surface area contributed by atoms with Gasteiger partial charge in [-0.2, -0.15) is 0 Å². The highest BCUT2D eigenvalue weighted by Gasteiger charge is 2.36. The summed E-state index contributed by atoms with van der Waals surface area (Å²) in [6.45, 7) is 13.9. The Morgan fingerprint density at radius 1 is 1.10 bits per heavy atom. The maximum absolute atomic E-state index is 14.3. The Bertz CT molecular complexity index is 1710. The maximum Gasteiger partial charge on any atom is 0.314 e. The average Bonchev–Trinajstić information content (AvgIpc) is 3.19. The lowest BCUT2D eigenvalue weighted by molar-refractivity contribution is -0.290. The first-order chi connectivity index (χ1) is 23.1. The van der Waals surface area contributed by atoms with E-state index in [0.717, 1.165) is 64.0 Å². The van der Waals surface area contributed by atoms with Crippen LogP contribution < -0.4 is 10.6 Å². The van der Waals surface area contributed by atoms with Crippen molar-refractivity contribution < 1.29 is 28.2 Å². The largest absolute Gasteiger partial charge is 0.460 e. The van der Waals surface area contributed by atoms with Gasteiger partial charge in [0, 0.05) is 31.1 Å². The van der Waals surface area contributed by atoms with Crippen molar-refractivity contribution in [2.45, 2.75) is 117 Å². The first kappa shape index (κ1) is 36.2. The minimum atomic E-state index is -0.902. The molecule has 2 atom stereocenters. The molecule has 0 saturated carbocycles. The molecule has 5 rings (SSSR count). The number of pyridine rings is 1. The maximum atomic E-state index is 14.3. The van der Waals surface area contributed by atoms with Crippen LogP contribution in [0.5, 0.6) is 0 Å². The van der Waals surface area contributed by atoms with Gasteiger partial charge in [0.25, 0.3) is 0 Å². The molecule has 1 fully saturated rings. The Morgan fingerprint density at radius 2 is 1.84 bits per heavy atom. The summed E-state index contributed by atoms with van der Waals surface area (Å²) in [5, 5.41) is 5.50. The molecule has 0 spiro atoms. The number of halogens is 1. The second-order valence-corrected chi connectivity index (χ2v) is 14.7. The van der Waals surface area contributed by atoms with Crippen LogP contribution in [0.4, 0.5) is 9.18 Å². The predicted molar refractivity (Wildman–Crippen MR) is 190 cm³/mol. The van der Waals surface area contributed by atoms with Gasteiger partial charge >= 0.3 is 12.0 Å². The van der Waals surface area contributed by atoms with Gasteiger partial charge in [-0.3, -0.25) is 9.78 Å². The van der Waals surface area contributed by atoms with Crippen LogP contribution in [0.1, 0.15) is 102 Å². The lowest BCUT2D eigenvalue weighted by Crippen LogP contribution is -2.45. The lowest BCUT2D eigenvalue weighted by Gasteiger charge is -2.40. The van der Waals surface area contributed by atoms with E-state index in [9.17, 15) is 14.0 Å². The summed E-state index contributed by atoms with van der Waals surface area (Å²) < 4.78 is 32.3. The fourth-order valence-corrected chi connectivity index (χ4v) is 6.74. The van der Waals surface area contributed by atoms with E-state index in [1.165, 1.54) is 17.7 Å². The molecule has 2 heterocycles. The number of carbonyl (C=O) groups excluding carboxylic acids is 2. The van der Waals surface area contributed by atoms with E-state index in [0.29, 0.717) is 13.0 Å². The van der Waals surface area contributed by atoms with Crippen molar-refractivity contribution in [3.63, 3.8) is 0 Å². The molecule has 2 aromatic carbocycles. The number of aromatic nitrogens is 1. The Labute approximate surface area is 289 Å². The minimum absolute atomic E-state index is 0.0703. The first-order valence-electron chi connectivity index (χ1n) is 17.3. The van der Waals surface area contributed by atoms with Gasteiger partial charge in [-0.05, 0) is 106 Å². The molecule has 0 unspecified atom stereocenters. The summed E-state index contributed by atoms with van der Waals surface area (Å²) in [5.74, 6) is -1.43. The molecule has 1 saturated heterocycles. The van der Waals surface area contributed by atoms with Gasteiger partial charge in [0.15, 0.2) is 5.79 Å². The van der Waals surface area contributed by atoms with Crippen LogP contribution in [0.2, 0.25) is 0 Å². The molecular weight excluding hydrogens is 621 g/mol. The molecule has 3 aromatic rings. The van der Waals surface area contributed by atoms with E-state index >= 15 is 0 Å². The van der Waals surface area contributed by atoms with Gasteiger partial charge in [0.2, 0.25) is 0 Å². The SMILES string of the molecule is CNC(=O)NCc1ccc2c(c1)-c1nc(C(C)C)c(C=C[C@@H]3C[C@H](CC(=O)OC(C)(C)C)OC(C)(C)O3)c(-c3ccc(F)cc3)c1CCC2. The van der Waals surface area contributed by atoms with Crippen molar-refractivity contribution in [3.05, 3.63) is 82.3 Å². The van der Waals surface area contributed by atoms with E-state index in [2.05, 4.69) is 48.8 Å². The van der Waals surface area contributed by atoms with Crippen molar-refractivity contribution in [2.24, 2.45) is 0 Å². The van der Waals surface area contributed by atoms with E-state index in [4.69, 9.17) is 19.2 Å².